The molecule has 0 amide bonds. The van der Waals surface area contributed by atoms with Crippen LogP contribution in [0.15, 0.2) is 18.2 Å². The quantitative estimate of drug-likeness (QED) is 0.723. The van der Waals surface area contributed by atoms with Gasteiger partial charge in [-0.15, -0.1) is 0 Å². The Hall–Kier alpha value is -0.860. The zero-order valence-electron chi connectivity index (χ0n) is 11.5. The smallest absolute Gasteiger partial charge is 0.163 e. The summed E-state index contributed by atoms with van der Waals surface area (Å²) in [4.78, 5) is 1.84. The van der Waals surface area contributed by atoms with E-state index in [4.69, 9.17) is 0 Å². The van der Waals surface area contributed by atoms with Gasteiger partial charge in [-0.2, -0.15) is 0 Å². The molecule has 98 valence electrons. The third-order valence-corrected chi connectivity index (χ3v) is 4.68. The van der Waals surface area contributed by atoms with E-state index in [0.717, 1.165) is 6.04 Å². The predicted octanol–water partition coefficient (Wildman–Crippen LogP) is 0.572. The molecule has 1 aromatic carbocycles. The highest BCUT2D eigenvalue weighted by Crippen LogP contribution is 2.19. The lowest BCUT2D eigenvalue weighted by atomic mass is 9.94. The minimum Gasteiger partial charge on any atom is -0.337 e. The molecule has 0 saturated carbocycles. The SMILES string of the molecule is Cc1ccc2c(c1)C[NH2+]C[C@H]2[NH+]1CCCCCC1. The Morgan fingerprint density at radius 1 is 1.11 bits per heavy atom. The summed E-state index contributed by atoms with van der Waals surface area (Å²) in [7, 11) is 0. The standard InChI is InChI=1S/C16H24N2/c1-13-6-7-15-14(10-13)11-17-12-16(15)18-8-4-2-3-5-9-18/h6-7,10,16-17H,2-5,8-9,11-12H2,1H3/p+2/t16-/m1/s1. The molecule has 0 spiro atoms. The molecule has 3 N–H and O–H groups in total. The Morgan fingerprint density at radius 3 is 2.67 bits per heavy atom. The van der Waals surface area contributed by atoms with Crippen molar-refractivity contribution >= 4 is 0 Å². The van der Waals surface area contributed by atoms with Crippen molar-refractivity contribution in [1.82, 2.24) is 0 Å². The number of likely N-dealkylation sites (tertiary alicyclic amines) is 1. The average Bonchev–Trinajstić information content (AvgIpc) is 2.66. The Kier molecular flexibility index (Phi) is 3.67. The summed E-state index contributed by atoms with van der Waals surface area (Å²) in [5.41, 5.74) is 4.64. The van der Waals surface area contributed by atoms with Gasteiger partial charge < -0.3 is 10.2 Å². The van der Waals surface area contributed by atoms with E-state index in [1.807, 2.05) is 4.90 Å². The van der Waals surface area contributed by atoms with Gasteiger partial charge >= 0.3 is 0 Å². The number of benzene rings is 1. The van der Waals surface area contributed by atoms with E-state index in [1.54, 1.807) is 11.1 Å². The summed E-state index contributed by atoms with van der Waals surface area (Å²) in [6.07, 6.45) is 5.74. The lowest BCUT2D eigenvalue weighted by molar-refractivity contribution is -0.947. The first-order valence-corrected chi connectivity index (χ1v) is 7.60. The number of nitrogens with one attached hydrogen (secondary N) is 1. The number of nitrogens with two attached hydrogens (primary N) is 1. The molecular weight excluding hydrogens is 220 g/mol. The molecule has 2 aliphatic rings. The van der Waals surface area contributed by atoms with E-state index < -0.39 is 0 Å². The highest BCUT2D eigenvalue weighted by Gasteiger charge is 2.31. The van der Waals surface area contributed by atoms with Crippen LogP contribution in [0.2, 0.25) is 0 Å². The van der Waals surface area contributed by atoms with Gasteiger partial charge in [-0.05, 0) is 38.7 Å². The number of hydrogen-bond acceptors (Lipinski definition) is 0. The lowest BCUT2D eigenvalue weighted by Crippen LogP contribution is -3.15. The van der Waals surface area contributed by atoms with Gasteiger partial charge in [0, 0.05) is 11.1 Å². The maximum absolute atomic E-state index is 2.50. The predicted molar refractivity (Wildman–Crippen MR) is 73.6 cm³/mol. The molecule has 2 nitrogen and oxygen atoms in total. The van der Waals surface area contributed by atoms with Crippen LogP contribution in [0, 0.1) is 6.92 Å². The van der Waals surface area contributed by atoms with Gasteiger partial charge in [0.1, 0.15) is 13.1 Å². The van der Waals surface area contributed by atoms with Crippen molar-refractivity contribution in [2.45, 2.75) is 45.2 Å². The number of hydrogen-bond donors (Lipinski definition) is 2. The van der Waals surface area contributed by atoms with Crippen molar-refractivity contribution in [3.8, 4) is 0 Å². The molecule has 0 bridgehead atoms. The Balaban J connectivity index is 1.85. The van der Waals surface area contributed by atoms with E-state index >= 15 is 0 Å². The summed E-state index contributed by atoms with van der Waals surface area (Å²) < 4.78 is 0. The van der Waals surface area contributed by atoms with Crippen molar-refractivity contribution in [2.75, 3.05) is 19.6 Å². The lowest BCUT2D eigenvalue weighted by Gasteiger charge is -2.31. The van der Waals surface area contributed by atoms with Crippen LogP contribution >= 0.6 is 0 Å². The zero-order valence-corrected chi connectivity index (χ0v) is 11.5. The molecule has 1 atom stereocenters. The van der Waals surface area contributed by atoms with E-state index in [1.165, 1.54) is 57.4 Å². The van der Waals surface area contributed by atoms with Crippen molar-refractivity contribution in [3.63, 3.8) is 0 Å². The van der Waals surface area contributed by atoms with E-state index in [-0.39, 0.29) is 0 Å². The van der Waals surface area contributed by atoms with Crippen LogP contribution < -0.4 is 10.2 Å². The van der Waals surface area contributed by atoms with Crippen molar-refractivity contribution in [2.24, 2.45) is 0 Å². The van der Waals surface area contributed by atoms with Gasteiger partial charge in [0.15, 0.2) is 6.04 Å². The maximum Gasteiger partial charge on any atom is 0.163 e. The molecule has 1 fully saturated rings. The first kappa shape index (κ1) is 12.2. The van der Waals surface area contributed by atoms with Crippen LogP contribution in [0.25, 0.3) is 0 Å². The summed E-state index contributed by atoms with van der Waals surface area (Å²) >= 11 is 0. The van der Waals surface area contributed by atoms with Crippen LogP contribution in [0.5, 0.6) is 0 Å². The fourth-order valence-corrected chi connectivity index (χ4v) is 3.70. The van der Waals surface area contributed by atoms with Crippen LogP contribution in [0.1, 0.15) is 48.4 Å². The third-order valence-electron chi connectivity index (χ3n) is 4.68. The first-order chi connectivity index (χ1) is 8.84. The molecule has 18 heavy (non-hydrogen) atoms. The minimum absolute atomic E-state index is 0.743. The summed E-state index contributed by atoms with van der Waals surface area (Å²) in [5.74, 6) is 0. The average molecular weight is 246 g/mol. The van der Waals surface area contributed by atoms with Crippen molar-refractivity contribution < 1.29 is 10.2 Å². The van der Waals surface area contributed by atoms with E-state index in [9.17, 15) is 0 Å². The van der Waals surface area contributed by atoms with Gasteiger partial charge in [0.25, 0.3) is 0 Å². The van der Waals surface area contributed by atoms with Gasteiger partial charge in [-0.1, -0.05) is 17.7 Å². The van der Waals surface area contributed by atoms with Gasteiger partial charge in [-0.25, -0.2) is 0 Å². The van der Waals surface area contributed by atoms with Gasteiger partial charge in [-0.3, -0.25) is 0 Å². The molecular formula is C16H26N2+2. The Bertz CT molecular complexity index is 406. The Morgan fingerprint density at radius 2 is 1.89 bits per heavy atom. The maximum atomic E-state index is 2.50. The van der Waals surface area contributed by atoms with Crippen LogP contribution in [-0.2, 0) is 6.54 Å². The van der Waals surface area contributed by atoms with Crippen molar-refractivity contribution in [1.29, 1.82) is 0 Å². The molecule has 2 heteroatoms. The molecule has 1 saturated heterocycles. The molecule has 0 aromatic heterocycles. The van der Waals surface area contributed by atoms with Gasteiger partial charge in [0.2, 0.25) is 0 Å². The Labute approximate surface area is 110 Å². The molecule has 0 aliphatic carbocycles. The topological polar surface area (TPSA) is 21.1 Å². The van der Waals surface area contributed by atoms with Crippen molar-refractivity contribution in [3.05, 3.63) is 34.9 Å². The molecule has 0 unspecified atom stereocenters. The fourth-order valence-electron chi connectivity index (χ4n) is 3.70. The van der Waals surface area contributed by atoms with E-state index in [2.05, 4.69) is 30.4 Å². The number of rotatable bonds is 1. The second kappa shape index (κ2) is 5.41. The number of aryl methyl sites for hydroxylation is 1. The summed E-state index contributed by atoms with van der Waals surface area (Å²) in [6.45, 7) is 7.44. The highest BCUT2D eigenvalue weighted by atomic mass is 15.2. The third kappa shape index (κ3) is 2.45. The minimum atomic E-state index is 0.743. The number of fused-ring (bicyclic) bond motifs is 1. The fraction of sp³-hybridized carbons (Fsp3) is 0.625. The monoisotopic (exact) mass is 246 g/mol. The molecule has 2 heterocycles. The van der Waals surface area contributed by atoms with Crippen LogP contribution in [0.4, 0.5) is 0 Å². The largest absolute Gasteiger partial charge is 0.337 e. The van der Waals surface area contributed by atoms with Crippen LogP contribution in [0.3, 0.4) is 0 Å². The first-order valence-electron chi connectivity index (χ1n) is 7.60. The molecule has 1 aromatic rings. The van der Waals surface area contributed by atoms with Gasteiger partial charge in [0.05, 0.1) is 13.1 Å². The van der Waals surface area contributed by atoms with E-state index in [0.29, 0.717) is 0 Å². The molecule has 3 rings (SSSR count). The molecule has 0 radical (unpaired) electrons. The summed E-state index contributed by atoms with van der Waals surface area (Å²) in [5, 5.41) is 2.50. The second-order valence-electron chi connectivity index (χ2n) is 6.06. The molecule has 2 aliphatic heterocycles. The van der Waals surface area contributed by atoms with Crippen LogP contribution in [-0.4, -0.2) is 19.6 Å². The zero-order chi connectivity index (χ0) is 12.4. The normalized spacial score (nSPS) is 25.5. The number of quaternary nitrogens is 2. The highest BCUT2D eigenvalue weighted by molar-refractivity contribution is 5.33. The summed E-state index contributed by atoms with van der Waals surface area (Å²) in [6, 6.07) is 7.84. The second-order valence-corrected chi connectivity index (χ2v) is 6.06.